The number of benzene rings is 8. The quantitative estimate of drug-likeness (QED) is 0.0187. The van der Waals surface area contributed by atoms with Gasteiger partial charge in [-0.05, 0) is 140 Å². The fraction of sp³-hybridized carbons (Fsp3) is 0.0217. The lowest BCUT2D eigenvalue weighted by atomic mass is 10.1. The number of hydrogen-bond acceptors (Lipinski definition) is 19. The summed E-state index contributed by atoms with van der Waals surface area (Å²) < 4.78 is 42.8. The van der Waals surface area contributed by atoms with E-state index in [1.54, 1.807) is 115 Å². The van der Waals surface area contributed by atoms with Crippen molar-refractivity contribution in [2.75, 3.05) is 10.6 Å². The molecule has 8 aromatic carbocycles. The summed E-state index contributed by atoms with van der Waals surface area (Å²) in [6, 6.07) is 43.3. The highest BCUT2D eigenvalue weighted by Crippen LogP contribution is 2.39. The monoisotopic (exact) mass is 982 g/mol. The predicted molar refractivity (Wildman–Crippen MR) is 259 cm³/mol. The van der Waals surface area contributed by atoms with E-state index < -0.39 is 16.1 Å². The maximum atomic E-state index is 12.9. The van der Waals surface area contributed by atoms with E-state index in [2.05, 4.69) is 70.3 Å². The predicted octanol–water partition coefficient (Wildman–Crippen LogP) is 15.7. The summed E-state index contributed by atoms with van der Waals surface area (Å²) in [6.07, 6.45) is 0. The molecule has 0 aromatic heterocycles. The third-order valence-electron chi connectivity index (χ3n) is 9.72. The second kappa shape index (κ2) is 22.4. The molecular formula is C46H34N10O10S3. The molecule has 0 unspecified atom stereocenters. The number of aryl methyl sites for hydroxylation is 1. The number of amides is 2. The molecule has 0 spiro atoms. The maximum Gasteiger partial charge on any atom is 0.323 e. The highest BCUT2D eigenvalue weighted by atomic mass is 32.2. The van der Waals surface area contributed by atoms with Crippen molar-refractivity contribution >= 4 is 119 Å². The van der Waals surface area contributed by atoms with E-state index in [0.29, 0.717) is 88.2 Å². The van der Waals surface area contributed by atoms with Crippen LogP contribution in [0, 0.1) is 6.92 Å². The summed E-state index contributed by atoms with van der Waals surface area (Å²) in [5, 5.41) is 67.3. The minimum Gasteiger partial charge on any atom is -0.308 e. The molecule has 0 radical (unpaired) electrons. The average molecular weight is 983 g/mol. The first kappa shape index (κ1) is 47.8. The van der Waals surface area contributed by atoms with Crippen molar-refractivity contribution in [1.82, 2.24) is 0 Å². The van der Waals surface area contributed by atoms with E-state index in [1.165, 1.54) is 18.2 Å². The van der Waals surface area contributed by atoms with E-state index >= 15 is 0 Å². The zero-order valence-electron chi connectivity index (χ0n) is 35.5. The number of carbonyl (C=O) groups is 1. The smallest absolute Gasteiger partial charge is 0.308 e. The van der Waals surface area contributed by atoms with E-state index in [4.69, 9.17) is 10.5 Å². The first-order chi connectivity index (χ1) is 33.5. The van der Waals surface area contributed by atoms with Gasteiger partial charge in [0.25, 0.3) is 10.1 Å². The summed E-state index contributed by atoms with van der Waals surface area (Å²) in [5.74, 6) is 0. The molecule has 5 N–H and O–H groups in total. The zero-order valence-corrected chi connectivity index (χ0v) is 38.0. The van der Waals surface area contributed by atoms with E-state index in [0.717, 1.165) is 29.6 Å². The van der Waals surface area contributed by atoms with Gasteiger partial charge in [0.1, 0.15) is 0 Å². The fourth-order valence-corrected chi connectivity index (χ4v) is 7.67. The average Bonchev–Trinajstić information content (AvgIpc) is 3.36. The van der Waals surface area contributed by atoms with E-state index in [-0.39, 0.29) is 4.90 Å². The minimum atomic E-state index is -4.50. The lowest BCUT2D eigenvalue weighted by Gasteiger charge is -2.08. The molecule has 8 rings (SSSR count). The maximum absolute atomic E-state index is 12.9. The SMILES string of the molecule is Cc1ccc(N=Nc2ccc(N=Nc3ccc(NC(=O)Nc4ccc(N=Nc5ccc(N=Nc6ccc(SOOO)cc6)c6cc(SOOO)ccc56)cc4)cc3)c3ccc(S(=O)(=O)O)cc23)cc1. The molecule has 0 atom stereocenters. The van der Waals surface area contributed by atoms with Gasteiger partial charge >= 0.3 is 6.03 Å². The molecule has 0 aliphatic carbocycles. The Morgan fingerprint density at radius 1 is 0.464 bits per heavy atom. The van der Waals surface area contributed by atoms with Crippen molar-refractivity contribution < 1.29 is 47.0 Å². The number of carbonyl (C=O) groups excluding carboxylic acids is 1. The van der Waals surface area contributed by atoms with E-state index in [9.17, 15) is 17.8 Å². The van der Waals surface area contributed by atoms with Crippen LogP contribution in [0.5, 0.6) is 0 Å². The third-order valence-corrected chi connectivity index (χ3v) is 11.7. The number of nitrogens with one attached hydrogen (secondary N) is 2. The standard InChI is InChI=1S/C46H34N10O10S3/c1-28-2-4-31(5-3-28)49-56-45-25-23-43(39-21-19-37(27-41(39)45)69(60,61)62)54-51-33-12-8-30(9-13-33)48-46(57)47-29-6-10-32(11-7-29)50-53-42-22-24-44(40-26-36(68-66-64-59)18-20-38(40)42)55-52-34-14-16-35(17-15-34)67-65-63-58/h2-27,58-59H,1H3,(H2,47,48,57)(H,60,61,62). The highest BCUT2D eigenvalue weighted by molar-refractivity contribution is 7.94. The lowest BCUT2D eigenvalue weighted by Crippen LogP contribution is -2.19. The van der Waals surface area contributed by atoms with Gasteiger partial charge in [0.15, 0.2) is 0 Å². The summed E-state index contributed by atoms with van der Waals surface area (Å²) >= 11 is 1.61. The Morgan fingerprint density at radius 2 is 0.841 bits per heavy atom. The summed E-state index contributed by atoms with van der Waals surface area (Å²) in [4.78, 5) is 13.9. The molecule has 0 bridgehead atoms. The first-order valence-electron chi connectivity index (χ1n) is 20.0. The van der Waals surface area contributed by atoms with Crippen LogP contribution < -0.4 is 10.6 Å². The van der Waals surface area contributed by atoms with Gasteiger partial charge in [0, 0.05) is 42.7 Å². The molecule has 0 saturated carbocycles. The van der Waals surface area contributed by atoms with Crippen molar-refractivity contribution in [1.29, 1.82) is 0 Å². The normalized spacial score (nSPS) is 12.1. The molecule has 0 saturated heterocycles. The number of hydrogen-bond donors (Lipinski definition) is 5. The van der Waals surface area contributed by atoms with Crippen LogP contribution in [0.25, 0.3) is 21.5 Å². The molecular weight excluding hydrogens is 949 g/mol. The molecule has 0 heterocycles. The summed E-state index contributed by atoms with van der Waals surface area (Å²) in [6.45, 7) is 1.96. The molecule has 0 aliphatic rings. The van der Waals surface area contributed by atoms with Gasteiger partial charge < -0.3 is 10.6 Å². The van der Waals surface area contributed by atoms with Gasteiger partial charge in [0.05, 0.1) is 74.5 Å². The summed E-state index contributed by atoms with van der Waals surface area (Å²) in [5.41, 5.74) is 5.99. The second-order valence-electron chi connectivity index (χ2n) is 14.4. The Morgan fingerprint density at radius 3 is 1.29 bits per heavy atom. The Hall–Kier alpha value is -7.68. The molecule has 346 valence electrons. The Balaban J connectivity index is 0.905. The van der Waals surface area contributed by atoms with Crippen LogP contribution in [-0.4, -0.2) is 29.5 Å². The number of nitrogens with zero attached hydrogens (tertiary/aromatic N) is 8. The van der Waals surface area contributed by atoms with Gasteiger partial charge in [0.2, 0.25) is 0 Å². The molecule has 0 fully saturated rings. The van der Waals surface area contributed by atoms with Crippen molar-refractivity contribution in [3.05, 3.63) is 163 Å². The minimum absolute atomic E-state index is 0.305. The van der Waals surface area contributed by atoms with Crippen LogP contribution in [0.4, 0.5) is 61.7 Å². The number of anilines is 2. The van der Waals surface area contributed by atoms with Gasteiger partial charge in [-0.15, -0.1) is 29.1 Å². The second-order valence-corrected chi connectivity index (χ2v) is 17.3. The molecule has 2 amide bonds. The fourth-order valence-electron chi connectivity index (χ4n) is 6.40. The Kier molecular flexibility index (Phi) is 15.5. The topological polar surface area (TPSA) is 272 Å². The van der Waals surface area contributed by atoms with Crippen LogP contribution in [0.1, 0.15) is 5.56 Å². The molecule has 8 aromatic rings. The van der Waals surface area contributed by atoms with Crippen LogP contribution in [0.15, 0.2) is 213 Å². The van der Waals surface area contributed by atoms with Crippen molar-refractivity contribution in [3.63, 3.8) is 0 Å². The molecule has 23 heteroatoms. The van der Waals surface area contributed by atoms with Gasteiger partial charge in [-0.25, -0.2) is 15.3 Å². The molecule has 69 heavy (non-hydrogen) atoms. The molecule has 20 nitrogen and oxygen atoms in total. The first-order valence-corrected chi connectivity index (χ1v) is 23.0. The van der Waals surface area contributed by atoms with Crippen LogP contribution in [-0.2, 0) is 28.9 Å². The largest absolute Gasteiger partial charge is 0.323 e. The van der Waals surface area contributed by atoms with Crippen LogP contribution in [0.3, 0.4) is 0 Å². The zero-order chi connectivity index (χ0) is 48.2. The van der Waals surface area contributed by atoms with Crippen molar-refractivity contribution in [2.24, 2.45) is 40.9 Å². The Bertz CT molecular complexity index is 3370. The highest BCUT2D eigenvalue weighted by Gasteiger charge is 2.15. The van der Waals surface area contributed by atoms with Crippen LogP contribution in [0.2, 0.25) is 0 Å². The van der Waals surface area contributed by atoms with Crippen molar-refractivity contribution in [3.8, 4) is 0 Å². The summed E-state index contributed by atoms with van der Waals surface area (Å²) in [7, 11) is -4.50. The lowest BCUT2D eigenvalue weighted by molar-refractivity contribution is -0.432. The Labute approximate surface area is 400 Å². The van der Waals surface area contributed by atoms with Crippen LogP contribution >= 0.6 is 24.1 Å². The molecule has 0 aliphatic heterocycles. The van der Waals surface area contributed by atoms with Gasteiger partial charge in [-0.2, -0.15) is 28.9 Å². The van der Waals surface area contributed by atoms with Gasteiger partial charge in [-0.3, -0.25) is 4.55 Å². The van der Waals surface area contributed by atoms with Crippen molar-refractivity contribution in [2.45, 2.75) is 21.6 Å². The number of urea groups is 1. The number of fused-ring (bicyclic) bond motifs is 2. The number of rotatable bonds is 17. The number of azo groups is 4. The van der Waals surface area contributed by atoms with E-state index in [1.807, 2.05) is 31.2 Å². The van der Waals surface area contributed by atoms with Gasteiger partial charge in [-0.1, -0.05) is 39.9 Å². The third kappa shape index (κ3) is 12.9.